The van der Waals surface area contributed by atoms with Crippen molar-refractivity contribution in [1.82, 2.24) is 9.13 Å². The molecule has 0 amide bonds. The summed E-state index contributed by atoms with van der Waals surface area (Å²) in [6.45, 7) is 3.33. The molecule has 1 atom stereocenters. The Morgan fingerprint density at radius 1 is 0.903 bits per heavy atom. The molecule has 5 heteroatoms. The van der Waals surface area contributed by atoms with Gasteiger partial charge in [0, 0.05) is 12.0 Å². The monoisotopic (exact) mass is 431 g/mol. The number of nitrogens with zero attached hydrogens (tertiary/aromatic N) is 2. The Bertz CT molecular complexity index is 1210. The topological polar surface area (TPSA) is 42.9 Å². The molecule has 4 rings (SSSR count). The second-order valence-electron chi connectivity index (χ2n) is 7.92. The van der Waals surface area contributed by atoms with E-state index >= 15 is 0 Å². The van der Waals surface area contributed by atoms with E-state index in [0.29, 0.717) is 18.8 Å². The maximum absolute atomic E-state index is 9.08. The SMILES string of the molecule is COC[C@H](Cc1ccc(C)cc1)n1c(=N)n(Cc2ccc(SC)cc2)c2ccccc21. The molecule has 160 valence electrons. The van der Waals surface area contributed by atoms with Crippen LogP contribution in [0.15, 0.2) is 77.7 Å². The highest BCUT2D eigenvalue weighted by Gasteiger charge is 2.19. The molecule has 1 aromatic heterocycles. The summed E-state index contributed by atoms with van der Waals surface area (Å²) < 4.78 is 9.83. The third-order valence-electron chi connectivity index (χ3n) is 5.73. The number of hydrogen-bond acceptors (Lipinski definition) is 3. The fraction of sp³-hybridized carbons (Fsp3) is 0.269. The fourth-order valence-electron chi connectivity index (χ4n) is 4.11. The van der Waals surface area contributed by atoms with Gasteiger partial charge in [-0.25, -0.2) is 0 Å². The van der Waals surface area contributed by atoms with E-state index in [4.69, 9.17) is 10.1 Å². The molecule has 0 spiro atoms. The van der Waals surface area contributed by atoms with Crippen LogP contribution in [-0.4, -0.2) is 29.1 Å². The van der Waals surface area contributed by atoms with Crippen LogP contribution in [-0.2, 0) is 17.7 Å². The number of ether oxygens (including phenoxy) is 1. The molecule has 4 aromatic rings. The van der Waals surface area contributed by atoms with Crippen molar-refractivity contribution in [2.45, 2.75) is 30.8 Å². The van der Waals surface area contributed by atoms with Gasteiger partial charge in [0.2, 0.25) is 5.62 Å². The normalized spacial score (nSPS) is 12.4. The van der Waals surface area contributed by atoms with Gasteiger partial charge < -0.3 is 13.9 Å². The quantitative estimate of drug-likeness (QED) is 0.378. The lowest BCUT2D eigenvalue weighted by atomic mass is 10.0. The molecule has 0 radical (unpaired) electrons. The zero-order chi connectivity index (χ0) is 21.8. The Hall–Kier alpha value is -2.76. The standard InChI is InChI=1S/C26H29N3OS/c1-19-8-10-20(11-9-19)16-22(18-30-2)29-25-7-5-4-6-24(25)28(26(29)27)17-21-12-14-23(31-3)15-13-21/h4-15,22,27H,16-18H2,1-3H3/t22-/m0/s1. The number of nitrogens with one attached hydrogen (secondary N) is 1. The second-order valence-corrected chi connectivity index (χ2v) is 8.80. The van der Waals surface area contributed by atoms with E-state index in [-0.39, 0.29) is 6.04 Å². The number of para-hydroxylation sites is 2. The van der Waals surface area contributed by atoms with Crippen molar-refractivity contribution >= 4 is 22.8 Å². The molecule has 1 N–H and O–H groups in total. The number of fused-ring (bicyclic) bond motifs is 1. The molecule has 1 heterocycles. The van der Waals surface area contributed by atoms with Crippen molar-refractivity contribution in [2.24, 2.45) is 0 Å². The lowest BCUT2D eigenvalue weighted by Crippen LogP contribution is -2.31. The van der Waals surface area contributed by atoms with Gasteiger partial charge in [-0.2, -0.15) is 0 Å². The molecular weight excluding hydrogens is 402 g/mol. The van der Waals surface area contributed by atoms with Crippen LogP contribution >= 0.6 is 11.8 Å². The largest absolute Gasteiger partial charge is 0.383 e. The van der Waals surface area contributed by atoms with Crippen molar-refractivity contribution in [3.05, 3.63) is 95.1 Å². The van der Waals surface area contributed by atoms with Crippen molar-refractivity contribution in [2.75, 3.05) is 20.0 Å². The minimum atomic E-state index is 0.0465. The van der Waals surface area contributed by atoms with E-state index in [1.54, 1.807) is 18.9 Å². The Morgan fingerprint density at radius 2 is 1.55 bits per heavy atom. The number of hydrogen-bond donors (Lipinski definition) is 1. The summed E-state index contributed by atoms with van der Waals surface area (Å²) in [7, 11) is 1.73. The Labute approximate surface area is 188 Å². The van der Waals surface area contributed by atoms with Crippen molar-refractivity contribution < 1.29 is 4.74 Å². The smallest absolute Gasteiger partial charge is 0.203 e. The lowest BCUT2D eigenvalue weighted by Gasteiger charge is -2.19. The van der Waals surface area contributed by atoms with Crippen LogP contribution in [0.4, 0.5) is 0 Å². The number of rotatable bonds is 8. The van der Waals surface area contributed by atoms with Crippen LogP contribution in [0, 0.1) is 12.3 Å². The van der Waals surface area contributed by atoms with Gasteiger partial charge in [-0.15, -0.1) is 11.8 Å². The highest BCUT2D eigenvalue weighted by atomic mass is 32.2. The summed E-state index contributed by atoms with van der Waals surface area (Å²) in [5.74, 6) is 0. The molecule has 0 unspecified atom stereocenters. The molecule has 0 saturated heterocycles. The van der Waals surface area contributed by atoms with Crippen LogP contribution in [0.2, 0.25) is 0 Å². The fourth-order valence-corrected chi connectivity index (χ4v) is 4.52. The first-order valence-corrected chi connectivity index (χ1v) is 11.7. The van der Waals surface area contributed by atoms with Crippen LogP contribution in [0.1, 0.15) is 22.7 Å². The molecule has 0 bridgehead atoms. The predicted molar refractivity (Wildman–Crippen MR) is 129 cm³/mol. The molecule has 0 aliphatic rings. The number of thioether (sulfide) groups is 1. The van der Waals surface area contributed by atoms with Gasteiger partial charge in [-0.1, -0.05) is 54.1 Å². The van der Waals surface area contributed by atoms with E-state index < -0.39 is 0 Å². The number of methoxy groups -OCH3 is 1. The van der Waals surface area contributed by atoms with Gasteiger partial charge in [0.15, 0.2) is 0 Å². The molecule has 0 aliphatic carbocycles. The third kappa shape index (κ3) is 4.63. The molecule has 4 nitrogen and oxygen atoms in total. The number of benzene rings is 3. The van der Waals surface area contributed by atoms with Crippen LogP contribution < -0.4 is 5.62 Å². The Kier molecular flexibility index (Phi) is 6.64. The Balaban J connectivity index is 1.76. The Morgan fingerprint density at radius 3 is 2.19 bits per heavy atom. The van der Waals surface area contributed by atoms with Gasteiger partial charge >= 0.3 is 0 Å². The number of aromatic nitrogens is 2. The minimum absolute atomic E-state index is 0.0465. The molecule has 0 aliphatic heterocycles. The maximum Gasteiger partial charge on any atom is 0.203 e. The predicted octanol–water partition coefficient (Wildman–Crippen LogP) is 5.43. The molecule has 0 saturated carbocycles. The molecule has 31 heavy (non-hydrogen) atoms. The van der Waals surface area contributed by atoms with Gasteiger partial charge in [0.25, 0.3) is 0 Å². The summed E-state index contributed by atoms with van der Waals surface area (Å²) in [5.41, 5.74) is 6.35. The first-order chi connectivity index (χ1) is 15.1. The summed E-state index contributed by atoms with van der Waals surface area (Å²) in [6.07, 6.45) is 2.91. The van der Waals surface area contributed by atoms with Crippen molar-refractivity contribution in [3.63, 3.8) is 0 Å². The summed E-state index contributed by atoms with van der Waals surface area (Å²) in [5, 5.41) is 9.08. The average molecular weight is 432 g/mol. The maximum atomic E-state index is 9.08. The third-order valence-corrected chi connectivity index (χ3v) is 6.48. The second kappa shape index (κ2) is 9.58. The van der Waals surface area contributed by atoms with Gasteiger partial charge in [-0.05, 0) is 55.0 Å². The number of aryl methyl sites for hydroxylation is 1. The van der Waals surface area contributed by atoms with Gasteiger partial charge in [0.1, 0.15) is 0 Å². The first-order valence-electron chi connectivity index (χ1n) is 10.5. The van der Waals surface area contributed by atoms with E-state index in [2.05, 4.69) is 83.0 Å². The van der Waals surface area contributed by atoms with Crippen LogP contribution in [0.3, 0.4) is 0 Å². The van der Waals surface area contributed by atoms with E-state index in [0.717, 1.165) is 17.5 Å². The minimum Gasteiger partial charge on any atom is -0.383 e. The summed E-state index contributed by atoms with van der Waals surface area (Å²) >= 11 is 1.74. The molecule has 0 fully saturated rings. The zero-order valence-electron chi connectivity index (χ0n) is 18.3. The average Bonchev–Trinajstić information content (AvgIpc) is 3.07. The summed E-state index contributed by atoms with van der Waals surface area (Å²) in [4.78, 5) is 1.25. The van der Waals surface area contributed by atoms with E-state index in [1.807, 2.05) is 12.1 Å². The first kappa shape index (κ1) is 21.5. The van der Waals surface area contributed by atoms with E-state index in [9.17, 15) is 0 Å². The van der Waals surface area contributed by atoms with E-state index in [1.165, 1.54) is 21.6 Å². The van der Waals surface area contributed by atoms with Crippen LogP contribution in [0.25, 0.3) is 11.0 Å². The lowest BCUT2D eigenvalue weighted by molar-refractivity contribution is 0.154. The highest BCUT2D eigenvalue weighted by Crippen LogP contribution is 2.22. The highest BCUT2D eigenvalue weighted by molar-refractivity contribution is 7.98. The number of imidazole rings is 1. The zero-order valence-corrected chi connectivity index (χ0v) is 19.2. The molecular formula is C26H29N3OS. The molecule has 3 aromatic carbocycles. The summed E-state index contributed by atoms with van der Waals surface area (Å²) in [6, 6.07) is 25.6. The van der Waals surface area contributed by atoms with Gasteiger partial charge in [-0.3, -0.25) is 5.41 Å². The van der Waals surface area contributed by atoms with Gasteiger partial charge in [0.05, 0.1) is 30.2 Å². The van der Waals surface area contributed by atoms with Crippen molar-refractivity contribution in [1.29, 1.82) is 5.41 Å². The van der Waals surface area contributed by atoms with Crippen molar-refractivity contribution in [3.8, 4) is 0 Å². The van der Waals surface area contributed by atoms with Crippen LogP contribution in [0.5, 0.6) is 0 Å².